The highest BCUT2D eigenvalue weighted by Crippen LogP contribution is 2.38. The van der Waals surface area contributed by atoms with Crippen LogP contribution in [-0.2, 0) is 33.5 Å². The van der Waals surface area contributed by atoms with E-state index in [0.29, 0.717) is 32.8 Å². The molecular weight excluding hydrogens is 649 g/mol. The second kappa shape index (κ2) is 16.8. The van der Waals surface area contributed by atoms with Crippen LogP contribution in [0.1, 0.15) is 44.4 Å². The predicted molar refractivity (Wildman–Crippen MR) is 211 cm³/mol. The Labute approximate surface area is 309 Å². The van der Waals surface area contributed by atoms with Crippen molar-refractivity contribution in [2.45, 2.75) is 65.3 Å². The van der Waals surface area contributed by atoms with Gasteiger partial charge in [0.1, 0.15) is 42.2 Å². The molecule has 6 rings (SSSR count). The minimum Gasteiger partial charge on any atom is -0.490 e. The minimum atomic E-state index is -0.0797. The fourth-order valence-corrected chi connectivity index (χ4v) is 6.46. The van der Waals surface area contributed by atoms with Gasteiger partial charge in [0.15, 0.2) is 0 Å². The van der Waals surface area contributed by atoms with Crippen molar-refractivity contribution in [2.75, 3.05) is 40.1 Å². The first-order valence-corrected chi connectivity index (χ1v) is 18.2. The van der Waals surface area contributed by atoms with Gasteiger partial charge >= 0.3 is 0 Å². The van der Waals surface area contributed by atoms with E-state index in [0.717, 1.165) is 103 Å². The van der Waals surface area contributed by atoms with E-state index >= 15 is 0 Å². The first kappa shape index (κ1) is 37.1. The fraction of sp³-hybridized carbons (Fsp3) is 0.348. The van der Waals surface area contributed by atoms with Crippen molar-refractivity contribution in [3.8, 4) is 50.6 Å². The summed E-state index contributed by atoms with van der Waals surface area (Å²) in [6.45, 7) is 23.9. The molecule has 2 heterocycles. The van der Waals surface area contributed by atoms with E-state index in [2.05, 4.69) is 113 Å². The molecule has 0 saturated carbocycles. The molecule has 2 saturated heterocycles. The van der Waals surface area contributed by atoms with Crippen LogP contribution >= 0.6 is 0 Å². The number of epoxide rings is 1. The third-order valence-corrected chi connectivity index (χ3v) is 9.05. The van der Waals surface area contributed by atoms with Crippen molar-refractivity contribution in [3.05, 3.63) is 126 Å². The highest BCUT2D eigenvalue weighted by atomic mass is 16.6. The smallest absolute Gasteiger partial charge is 0.145 e. The van der Waals surface area contributed by atoms with Gasteiger partial charge in [-0.3, -0.25) is 0 Å². The summed E-state index contributed by atoms with van der Waals surface area (Å²) in [7, 11) is 1.69. The number of benzene rings is 4. The quantitative estimate of drug-likeness (QED) is 0.0761. The van der Waals surface area contributed by atoms with E-state index in [1.54, 1.807) is 7.11 Å². The van der Waals surface area contributed by atoms with Crippen LogP contribution in [0.2, 0.25) is 0 Å². The van der Waals surface area contributed by atoms with E-state index in [1.165, 1.54) is 0 Å². The fourth-order valence-electron chi connectivity index (χ4n) is 6.46. The number of rotatable bonds is 18. The molecule has 0 radical (unpaired) electrons. The van der Waals surface area contributed by atoms with Crippen LogP contribution in [0.15, 0.2) is 109 Å². The predicted octanol–water partition coefficient (Wildman–Crippen LogP) is 10.0. The summed E-state index contributed by atoms with van der Waals surface area (Å²) in [5.74, 6) is 2.61. The SMILES string of the molecule is C=C(C)Cc1cc(-c2cc(-c3ccc(OC(C)COC)c(CC(=C)C)c3)cc(-c3ccc(OC4COC4)c(CC(=C)C)c3)c2)ccc1OCC1CO1. The van der Waals surface area contributed by atoms with Crippen molar-refractivity contribution in [1.82, 2.24) is 0 Å². The summed E-state index contributed by atoms with van der Waals surface area (Å²) in [5, 5.41) is 0. The maximum atomic E-state index is 6.33. The number of ether oxygens (including phenoxy) is 6. The van der Waals surface area contributed by atoms with Gasteiger partial charge in [0.25, 0.3) is 0 Å². The Hall–Kier alpha value is -4.62. The molecule has 52 heavy (non-hydrogen) atoms. The topological polar surface area (TPSA) is 58.7 Å². The summed E-state index contributed by atoms with van der Waals surface area (Å²) in [6, 6.07) is 26.3. The van der Waals surface area contributed by atoms with Crippen LogP contribution in [0.25, 0.3) is 33.4 Å². The minimum absolute atomic E-state index is 0.0797. The molecule has 2 aliphatic rings. The van der Waals surface area contributed by atoms with Crippen molar-refractivity contribution in [2.24, 2.45) is 0 Å². The first-order valence-electron chi connectivity index (χ1n) is 18.2. The van der Waals surface area contributed by atoms with Gasteiger partial charge in [-0.2, -0.15) is 0 Å². The molecule has 2 fully saturated rings. The van der Waals surface area contributed by atoms with Crippen LogP contribution in [0.5, 0.6) is 17.2 Å². The lowest BCUT2D eigenvalue weighted by Gasteiger charge is -2.28. The van der Waals surface area contributed by atoms with Crippen LogP contribution in [0.4, 0.5) is 0 Å². The summed E-state index contributed by atoms with van der Waals surface area (Å²) in [4.78, 5) is 0. The van der Waals surface area contributed by atoms with Gasteiger partial charge in [0.2, 0.25) is 0 Å². The highest BCUT2D eigenvalue weighted by molar-refractivity contribution is 5.82. The summed E-state index contributed by atoms with van der Waals surface area (Å²) in [6.07, 6.45) is 2.36. The molecule has 2 atom stereocenters. The standard InChI is InChI=1S/C46H52O6/c1-29(2)15-39-18-33(9-12-44(39)50-28-42-27-49-42)36-21-37(34-10-13-45(51-32(7)24-47-8)40(19-34)16-30(3)4)23-38(22-36)35-11-14-46(52-43-25-48-26-43)41(20-35)17-31(5)6/h9-14,18-23,32,42-43H,1,3,5,15-17,24-28H2,2,4,6-8H3. The van der Waals surface area contributed by atoms with Crippen molar-refractivity contribution < 1.29 is 28.4 Å². The maximum absolute atomic E-state index is 6.33. The molecule has 2 aliphatic heterocycles. The molecule has 272 valence electrons. The molecular formula is C46H52O6. The Bertz CT molecular complexity index is 1930. The van der Waals surface area contributed by atoms with Crippen LogP contribution in [-0.4, -0.2) is 58.5 Å². The number of methoxy groups -OCH3 is 1. The maximum Gasteiger partial charge on any atom is 0.145 e. The lowest BCUT2D eigenvalue weighted by Crippen LogP contribution is -2.38. The molecule has 0 aromatic heterocycles. The monoisotopic (exact) mass is 700 g/mol. The second-order valence-electron chi connectivity index (χ2n) is 14.6. The van der Waals surface area contributed by atoms with Crippen LogP contribution in [0.3, 0.4) is 0 Å². The third-order valence-electron chi connectivity index (χ3n) is 9.05. The molecule has 4 aromatic carbocycles. The average Bonchev–Trinajstić information content (AvgIpc) is 3.91. The molecule has 2 unspecified atom stereocenters. The lowest BCUT2D eigenvalue weighted by molar-refractivity contribution is -0.0799. The molecule has 0 aliphatic carbocycles. The van der Waals surface area contributed by atoms with E-state index in [1.807, 2.05) is 6.92 Å². The summed E-state index contributed by atoms with van der Waals surface area (Å²) >= 11 is 0. The Morgan fingerprint density at radius 2 is 1.12 bits per heavy atom. The molecule has 4 aromatic rings. The van der Waals surface area contributed by atoms with E-state index in [4.69, 9.17) is 28.4 Å². The first-order chi connectivity index (χ1) is 25.0. The number of allylic oxidation sites excluding steroid dienone is 3. The van der Waals surface area contributed by atoms with E-state index in [-0.39, 0.29) is 18.3 Å². The zero-order chi connectivity index (χ0) is 36.8. The Morgan fingerprint density at radius 3 is 1.56 bits per heavy atom. The molecule has 0 spiro atoms. The summed E-state index contributed by atoms with van der Waals surface area (Å²) in [5.41, 5.74) is 13.2. The molecule has 0 bridgehead atoms. The van der Waals surface area contributed by atoms with E-state index < -0.39 is 0 Å². The zero-order valence-electron chi connectivity index (χ0n) is 31.4. The Balaban J connectivity index is 1.46. The largest absolute Gasteiger partial charge is 0.490 e. The Kier molecular flexibility index (Phi) is 12.0. The zero-order valence-corrected chi connectivity index (χ0v) is 31.4. The van der Waals surface area contributed by atoms with Crippen molar-refractivity contribution >= 4 is 0 Å². The van der Waals surface area contributed by atoms with Gasteiger partial charge in [0, 0.05) is 7.11 Å². The van der Waals surface area contributed by atoms with E-state index in [9.17, 15) is 0 Å². The lowest BCUT2D eigenvalue weighted by atomic mass is 9.90. The Morgan fingerprint density at radius 1 is 0.654 bits per heavy atom. The van der Waals surface area contributed by atoms with Gasteiger partial charge in [-0.1, -0.05) is 54.7 Å². The molecule has 0 amide bonds. The van der Waals surface area contributed by atoms with Crippen LogP contribution in [0, 0.1) is 0 Å². The molecule has 6 heteroatoms. The van der Waals surface area contributed by atoms with Crippen LogP contribution < -0.4 is 14.2 Å². The second-order valence-corrected chi connectivity index (χ2v) is 14.6. The highest BCUT2D eigenvalue weighted by Gasteiger charge is 2.24. The van der Waals surface area contributed by atoms with Crippen molar-refractivity contribution in [1.29, 1.82) is 0 Å². The van der Waals surface area contributed by atoms with Gasteiger partial charge in [0.05, 0.1) is 26.4 Å². The third kappa shape index (κ3) is 9.82. The van der Waals surface area contributed by atoms with Crippen molar-refractivity contribution in [3.63, 3.8) is 0 Å². The van der Waals surface area contributed by atoms with Gasteiger partial charge in [-0.15, -0.1) is 0 Å². The molecule has 6 nitrogen and oxygen atoms in total. The van der Waals surface area contributed by atoms with Gasteiger partial charge in [-0.05, 0) is 152 Å². The number of hydrogen-bond acceptors (Lipinski definition) is 6. The average molecular weight is 701 g/mol. The normalized spacial score (nSPS) is 15.8. The summed E-state index contributed by atoms with van der Waals surface area (Å²) < 4.78 is 35.0. The van der Waals surface area contributed by atoms with Gasteiger partial charge < -0.3 is 28.4 Å². The van der Waals surface area contributed by atoms with Gasteiger partial charge in [-0.25, -0.2) is 0 Å². The molecule has 0 N–H and O–H groups in total. The number of hydrogen-bond donors (Lipinski definition) is 0.